The van der Waals surface area contributed by atoms with Gasteiger partial charge >= 0.3 is 0 Å². The van der Waals surface area contributed by atoms with Crippen LogP contribution in [0, 0.1) is 20.8 Å². The molecule has 0 fully saturated rings. The summed E-state index contributed by atoms with van der Waals surface area (Å²) in [5.74, 6) is 5.27. The second kappa shape index (κ2) is 37.5. The maximum atomic E-state index is 10.7. The molecule has 0 aliphatic carbocycles. The zero-order valence-electron chi connectivity index (χ0n) is 64.2. The van der Waals surface area contributed by atoms with Gasteiger partial charge in [0.15, 0.2) is 69.9 Å². The van der Waals surface area contributed by atoms with Crippen molar-refractivity contribution < 1.29 is 55.4 Å². The molecule has 0 saturated carbocycles. The minimum absolute atomic E-state index is 0.0169. The van der Waals surface area contributed by atoms with Crippen LogP contribution >= 0.6 is 23.2 Å². The van der Waals surface area contributed by atoms with Crippen LogP contribution < -0.4 is 9.47 Å². The van der Waals surface area contributed by atoms with Crippen LogP contribution in [-0.4, -0.2) is 119 Å². The van der Waals surface area contributed by atoms with E-state index in [0.29, 0.717) is 125 Å². The number of nitrogens with zero attached hydrogens (tertiary/aromatic N) is 12. The molecule has 4 aromatic heterocycles. The van der Waals surface area contributed by atoms with Crippen molar-refractivity contribution in [2.75, 3.05) is 13.7 Å². The summed E-state index contributed by atoms with van der Waals surface area (Å²) in [6.45, 7) is 8.21. The first-order valence-corrected chi connectivity index (χ1v) is 37.8. The van der Waals surface area contributed by atoms with Gasteiger partial charge in [0.2, 0.25) is 0 Å². The fourth-order valence-corrected chi connectivity index (χ4v) is 12.4. The van der Waals surface area contributed by atoms with Crippen LogP contribution in [0.5, 0.6) is 57.5 Å². The molecule has 23 nitrogen and oxygen atoms in total. The normalized spacial score (nSPS) is 10.8. The molecule has 25 heteroatoms. The zero-order chi connectivity index (χ0) is 82.9. The smallest absolute Gasteiger partial charge is 0.167 e. The molecule has 16 aromatic rings. The van der Waals surface area contributed by atoms with Crippen LogP contribution in [-0.2, 0) is 6.61 Å². The molecule has 118 heavy (non-hydrogen) atoms. The van der Waals surface area contributed by atoms with Gasteiger partial charge in [0.25, 0.3) is 0 Å². The Bertz CT molecular complexity index is 6050. The molecule has 0 radical (unpaired) electrons. The lowest BCUT2D eigenvalue weighted by Gasteiger charge is -2.11. The molecule has 4 heterocycles. The number of aromatic nitrogens is 12. The summed E-state index contributed by atoms with van der Waals surface area (Å²) in [5, 5.41) is 93.6. The lowest BCUT2D eigenvalue weighted by atomic mass is 10.1. The highest BCUT2D eigenvalue weighted by molar-refractivity contribution is 6.31. The Morgan fingerprint density at radius 2 is 0.542 bits per heavy atom. The van der Waals surface area contributed by atoms with Crippen molar-refractivity contribution in [3.63, 3.8) is 0 Å². The van der Waals surface area contributed by atoms with Gasteiger partial charge in [0, 0.05) is 44.4 Å². The molecule has 0 unspecified atom stereocenters. The number of aliphatic hydroxyl groups excluding tert-OH is 1. The molecule has 12 aromatic carbocycles. The van der Waals surface area contributed by atoms with E-state index in [1.807, 2.05) is 160 Å². The molecule has 0 saturated heterocycles. The molecule has 0 bridgehead atoms. The number of aromatic hydroxyl groups is 8. The van der Waals surface area contributed by atoms with E-state index in [9.17, 15) is 46.0 Å². The van der Waals surface area contributed by atoms with Crippen molar-refractivity contribution in [1.82, 2.24) is 59.8 Å². The number of phenolic OH excluding ortho intramolecular Hbond substituents is 8. The monoisotopic (exact) mass is 1610 g/mol. The van der Waals surface area contributed by atoms with Gasteiger partial charge in [-0.25, -0.2) is 59.8 Å². The van der Waals surface area contributed by atoms with Gasteiger partial charge in [0.1, 0.15) is 57.5 Å². The van der Waals surface area contributed by atoms with Gasteiger partial charge in [-0.2, -0.15) is 0 Å². The predicted molar refractivity (Wildman–Crippen MR) is 455 cm³/mol. The number of hydrogen-bond acceptors (Lipinski definition) is 23. The van der Waals surface area contributed by atoms with E-state index in [0.717, 1.165) is 51.8 Å². The highest BCUT2D eigenvalue weighted by atomic mass is 35.5. The molecule has 0 aliphatic rings. The van der Waals surface area contributed by atoms with Gasteiger partial charge in [0.05, 0.1) is 64.8 Å². The number of phenols is 8. The predicted octanol–water partition coefficient (Wildman–Crippen LogP) is 20.0. The fourth-order valence-electron chi connectivity index (χ4n) is 12.0. The lowest BCUT2D eigenvalue weighted by Crippen LogP contribution is -2.01. The Hall–Kier alpha value is -14.8. The molecule has 0 aliphatic heterocycles. The second-order valence-electron chi connectivity index (χ2n) is 26.8. The first kappa shape index (κ1) is 81.2. The van der Waals surface area contributed by atoms with Crippen molar-refractivity contribution >= 4 is 23.2 Å². The molecular formula is C93H76Cl2N12O11. The van der Waals surface area contributed by atoms with Crippen molar-refractivity contribution in [3.8, 4) is 194 Å². The van der Waals surface area contributed by atoms with E-state index in [-0.39, 0.29) is 75.9 Å². The summed E-state index contributed by atoms with van der Waals surface area (Å²) in [7, 11) is 1.52. The summed E-state index contributed by atoms with van der Waals surface area (Å²) in [6.07, 6.45) is 1.98. The topological polar surface area (TPSA) is 355 Å². The van der Waals surface area contributed by atoms with Crippen LogP contribution in [0.1, 0.15) is 42.0 Å². The Labute approximate surface area is 688 Å². The third-order valence-electron chi connectivity index (χ3n) is 18.2. The number of methoxy groups -OCH3 is 1. The molecule has 9 N–H and O–H groups in total. The highest BCUT2D eigenvalue weighted by Crippen LogP contribution is 2.41. The average molecular weight is 1610 g/mol. The number of ether oxygens (including phenoxy) is 2. The van der Waals surface area contributed by atoms with Crippen LogP contribution in [0.15, 0.2) is 267 Å². The first-order valence-electron chi connectivity index (χ1n) is 37.1. The molecular weight excluding hydrogens is 1530 g/mol. The van der Waals surface area contributed by atoms with E-state index in [4.69, 9.17) is 32.7 Å². The summed E-state index contributed by atoms with van der Waals surface area (Å²) in [4.78, 5) is 54.5. The average Bonchev–Trinajstić information content (AvgIpc) is 0.799. The number of aliphatic hydroxyl groups is 1. The molecule has 588 valence electrons. The Morgan fingerprint density at radius 1 is 0.271 bits per heavy atom. The Balaban J connectivity index is 0.000000137. The fraction of sp³-hybridized carbons (Fsp3) is 0.0968. The van der Waals surface area contributed by atoms with Crippen LogP contribution in [0.3, 0.4) is 0 Å². The maximum Gasteiger partial charge on any atom is 0.167 e. The van der Waals surface area contributed by atoms with Gasteiger partial charge < -0.3 is 55.4 Å². The molecule has 0 atom stereocenters. The first-order chi connectivity index (χ1) is 57.1. The highest BCUT2D eigenvalue weighted by Gasteiger charge is 2.23. The number of rotatable bonds is 18. The number of unbranched alkanes of at least 4 members (excludes halogenated alkanes) is 1. The largest absolute Gasteiger partial charge is 0.507 e. The van der Waals surface area contributed by atoms with Gasteiger partial charge in [-0.05, 0) is 159 Å². The second-order valence-corrected chi connectivity index (χ2v) is 27.7. The minimum Gasteiger partial charge on any atom is -0.507 e. The lowest BCUT2D eigenvalue weighted by molar-refractivity contribution is 0.281. The van der Waals surface area contributed by atoms with Crippen LogP contribution in [0.2, 0.25) is 10.0 Å². The number of benzene rings is 12. The van der Waals surface area contributed by atoms with Crippen molar-refractivity contribution in [2.45, 2.75) is 47.1 Å². The Morgan fingerprint density at radius 3 is 0.831 bits per heavy atom. The van der Waals surface area contributed by atoms with Crippen LogP contribution in [0.4, 0.5) is 0 Å². The summed E-state index contributed by atoms with van der Waals surface area (Å²) in [6, 6.07) is 77.8. The standard InChI is InChI=1S/C26H25N3O3.C23H19N3O4.C23H19N3O2.C21H13Cl2N3O2/c1-3-4-14-32-19-11-13-21(23(31)16-19)26-28-24(18-8-6-5-7-9-18)27-25(29-26)20-12-10-17(2)15-22(20)30;1-30-16-8-10-18(20(29)12-16)23-25-21(15-5-3-2-4-6-15)24-22(26-23)17-9-7-14(13-27)11-19(17)28;1-14-8-10-17(19(27)12-14)22-24-21(16-6-4-3-5-7-16)25-23(26-22)18-11-9-15(2)13-20(18)28;22-13-6-8-17(27)15(10-13)20-24-19(12-4-2-1-3-5-12)25-21(26-20)16-11-14(23)7-9-18(16)28/h5-13,15-16,30-31H,3-4,14H2,1-2H3;2-12,27-29H,13H2,1H3;3-13,27-28H,1-2H3;1-11,27-28H. The maximum absolute atomic E-state index is 10.7. The molecule has 16 rings (SSSR count). The molecule has 0 spiro atoms. The number of aryl methyl sites for hydroxylation is 3. The van der Waals surface area contributed by atoms with Crippen LogP contribution in [0.25, 0.3) is 137 Å². The quantitative estimate of drug-likeness (QED) is 0.0360. The van der Waals surface area contributed by atoms with E-state index in [1.165, 1.54) is 31.4 Å². The zero-order valence-corrected chi connectivity index (χ0v) is 65.7. The summed E-state index contributed by atoms with van der Waals surface area (Å²) >= 11 is 12.2. The third kappa shape index (κ3) is 19.9. The number of hydrogen-bond donors (Lipinski definition) is 9. The summed E-state index contributed by atoms with van der Waals surface area (Å²) < 4.78 is 10.8. The summed E-state index contributed by atoms with van der Waals surface area (Å²) in [5.41, 5.74) is 10.0. The van der Waals surface area contributed by atoms with Gasteiger partial charge in [-0.3, -0.25) is 0 Å². The SMILES string of the molecule is CCCCOc1ccc(-c2nc(-c3ccccc3)nc(-c3ccc(C)cc3O)n2)c(O)c1.COc1ccc(-c2nc(-c3ccccc3)nc(-c3ccc(CO)cc3O)n2)c(O)c1.Cc1ccc(-c2nc(-c3ccccc3)nc(-c3ccc(C)cc3O)n2)c(O)c1.Oc1ccc(Cl)cc1-c1nc(-c2ccccc2)nc(-c2cc(Cl)ccc2O)n1. The van der Waals surface area contributed by atoms with Gasteiger partial charge in [-0.15, -0.1) is 0 Å². The minimum atomic E-state index is -0.189. The van der Waals surface area contributed by atoms with Crippen molar-refractivity contribution in [1.29, 1.82) is 0 Å². The Kier molecular flexibility index (Phi) is 25.8. The van der Waals surface area contributed by atoms with E-state index in [1.54, 1.807) is 103 Å². The van der Waals surface area contributed by atoms with E-state index < -0.39 is 0 Å². The van der Waals surface area contributed by atoms with Gasteiger partial charge in [-0.1, -0.05) is 182 Å². The van der Waals surface area contributed by atoms with E-state index in [2.05, 4.69) is 66.7 Å². The third-order valence-corrected chi connectivity index (χ3v) is 18.6. The molecule has 0 amide bonds. The number of halogens is 2. The van der Waals surface area contributed by atoms with Crippen molar-refractivity contribution in [3.05, 3.63) is 299 Å². The van der Waals surface area contributed by atoms with E-state index >= 15 is 0 Å². The van der Waals surface area contributed by atoms with Crippen molar-refractivity contribution in [2.24, 2.45) is 0 Å².